The molecule has 1 aliphatic carbocycles. The van der Waals surface area contributed by atoms with Crippen molar-refractivity contribution in [3.63, 3.8) is 0 Å². The molecule has 27 heavy (non-hydrogen) atoms. The van der Waals surface area contributed by atoms with Crippen LogP contribution >= 0.6 is 0 Å². The number of carbonyl (C=O) groups is 2. The molecule has 1 heterocycles. The van der Waals surface area contributed by atoms with Crippen LogP contribution in [0.1, 0.15) is 23.2 Å². The lowest BCUT2D eigenvalue weighted by molar-refractivity contribution is -0.116. The van der Waals surface area contributed by atoms with E-state index in [9.17, 15) is 14.4 Å². The second-order valence-corrected chi connectivity index (χ2v) is 6.57. The summed E-state index contributed by atoms with van der Waals surface area (Å²) in [6.45, 7) is -0.138. The number of hydrogen-bond acceptors (Lipinski definition) is 4. The first-order valence-electron chi connectivity index (χ1n) is 8.75. The minimum absolute atomic E-state index is 0.107. The zero-order valence-corrected chi connectivity index (χ0v) is 14.5. The third kappa shape index (κ3) is 3.87. The summed E-state index contributed by atoms with van der Waals surface area (Å²) >= 11 is 0. The number of carbonyl (C=O) groups excluding carboxylic acids is 2. The van der Waals surface area contributed by atoms with Crippen molar-refractivity contribution in [2.75, 3.05) is 5.32 Å². The maximum absolute atomic E-state index is 12.4. The quantitative estimate of drug-likeness (QED) is 0.725. The van der Waals surface area contributed by atoms with Crippen molar-refractivity contribution in [3.8, 4) is 0 Å². The second-order valence-electron chi connectivity index (χ2n) is 6.57. The summed E-state index contributed by atoms with van der Waals surface area (Å²) in [5.41, 5.74) is 1.45. The fourth-order valence-electron chi connectivity index (χ4n) is 2.78. The van der Waals surface area contributed by atoms with Gasteiger partial charge in [0.05, 0.1) is 17.2 Å². The molecule has 0 aliphatic heterocycles. The predicted molar refractivity (Wildman–Crippen MR) is 102 cm³/mol. The molecule has 1 aromatic heterocycles. The summed E-state index contributed by atoms with van der Waals surface area (Å²) in [5, 5.41) is 6.11. The van der Waals surface area contributed by atoms with Crippen LogP contribution in [0.5, 0.6) is 0 Å². The molecule has 0 unspecified atom stereocenters. The molecule has 3 aromatic rings. The first kappa shape index (κ1) is 17.0. The van der Waals surface area contributed by atoms with Crippen molar-refractivity contribution < 1.29 is 9.59 Å². The van der Waals surface area contributed by atoms with E-state index in [0.29, 0.717) is 28.2 Å². The number of nitrogens with one attached hydrogen (secondary N) is 2. The van der Waals surface area contributed by atoms with Gasteiger partial charge in [-0.1, -0.05) is 12.1 Å². The number of nitrogens with zero attached hydrogens (tertiary/aromatic N) is 2. The molecule has 2 N–H and O–H groups in total. The zero-order valence-electron chi connectivity index (χ0n) is 14.5. The lowest BCUT2D eigenvalue weighted by Crippen LogP contribution is -2.28. The van der Waals surface area contributed by atoms with E-state index in [1.54, 1.807) is 48.5 Å². The van der Waals surface area contributed by atoms with Crippen LogP contribution in [-0.4, -0.2) is 27.4 Å². The normalized spacial score (nSPS) is 13.3. The Morgan fingerprint density at radius 2 is 1.81 bits per heavy atom. The van der Waals surface area contributed by atoms with Crippen molar-refractivity contribution in [1.29, 1.82) is 0 Å². The topological polar surface area (TPSA) is 93.1 Å². The molecule has 0 bridgehead atoms. The Bertz CT molecular complexity index is 1070. The average molecular weight is 362 g/mol. The highest BCUT2D eigenvalue weighted by atomic mass is 16.2. The smallest absolute Gasteiger partial charge is 0.261 e. The SMILES string of the molecule is O=C(Cn1cnc2ccccc2c1=O)Nc1ccc(C(=O)NC2CC2)cc1. The predicted octanol–water partition coefficient (Wildman–Crippen LogP) is 1.93. The molecule has 7 nitrogen and oxygen atoms in total. The van der Waals surface area contributed by atoms with Crippen molar-refractivity contribution in [2.45, 2.75) is 25.4 Å². The van der Waals surface area contributed by atoms with Gasteiger partial charge in [-0.25, -0.2) is 4.98 Å². The minimum atomic E-state index is -0.343. The molecule has 2 amide bonds. The van der Waals surface area contributed by atoms with Crippen molar-refractivity contribution in [1.82, 2.24) is 14.9 Å². The minimum Gasteiger partial charge on any atom is -0.349 e. The Kier molecular flexibility index (Phi) is 4.42. The number of amides is 2. The number of benzene rings is 2. The van der Waals surface area contributed by atoms with E-state index in [4.69, 9.17) is 0 Å². The van der Waals surface area contributed by atoms with Gasteiger partial charge in [0, 0.05) is 17.3 Å². The first-order valence-corrected chi connectivity index (χ1v) is 8.75. The number of hydrogen-bond donors (Lipinski definition) is 2. The van der Waals surface area contributed by atoms with Gasteiger partial charge in [-0.3, -0.25) is 19.0 Å². The number of rotatable bonds is 5. The van der Waals surface area contributed by atoms with Crippen LogP contribution in [-0.2, 0) is 11.3 Å². The number of anilines is 1. The van der Waals surface area contributed by atoms with E-state index >= 15 is 0 Å². The Morgan fingerprint density at radius 3 is 2.56 bits per heavy atom. The van der Waals surface area contributed by atoms with Crippen molar-refractivity contribution in [2.24, 2.45) is 0 Å². The largest absolute Gasteiger partial charge is 0.349 e. The van der Waals surface area contributed by atoms with Crippen LogP contribution in [0, 0.1) is 0 Å². The van der Waals surface area contributed by atoms with Gasteiger partial charge in [0.25, 0.3) is 11.5 Å². The van der Waals surface area contributed by atoms with Gasteiger partial charge in [0.1, 0.15) is 6.54 Å². The fraction of sp³-hybridized carbons (Fsp3) is 0.200. The lowest BCUT2D eigenvalue weighted by Gasteiger charge is -2.09. The van der Waals surface area contributed by atoms with Gasteiger partial charge in [0.2, 0.25) is 5.91 Å². The summed E-state index contributed by atoms with van der Waals surface area (Å²) < 4.78 is 1.27. The van der Waals surface area contributed by atoms with Gasteiger partial charge >= 0.3 is 0 Å². The zero-order chi connectivity index (χ0) is 18.8. The Morgan fingerprint density at radius 1 is 1.07 bits per heavy atom. The maximum Gasteiger partial charge on any atom is 0.261 e. The van der Waals surface area contributed by atoms with Crippen LogP contribution < -0.4 is 16.2 Å². The molecule has 7 heteroatoms. The Balaban J connectivity index is 1.42. The number of aromatic nitrogens is 2. The molecule has 0 radical (unpaired) electrons. The van der Waals surface area contributed by atoms with E-state index < -0.39 is 0 Å². The van der Waals surface area contributed by atoms with E-state index in [2.05, 4.69) is 15.6 Å². The maximum atomic E-state index is 12.4. The van der Waals surface area contributed by atoms with Gasteiger partial charge in [-0.15, -0.1) is 0 Å². The van der Waals surface area contributed by atoms with E-state index in [0.717, 1.165) is 12.8 Å². The summed E-state index contributed by atoms with van der Waals surface area (Å²) in [6.07, 6.45) is 3.43. The monoisotopic (exact) mass is 362 g/mol. The molecule has 0 atom stereocenters. The molecule has 1 saturated carbocycles. The van der Waals surface area contributed by atoms with Crippen LogP contribution in [0.25, 0.3) is 10.9 Å². The van der Waals surface area contributed by atoms with Gasteiger partial charge in [-0.2, -0.15) is 0 Å². The standard InChI is InChI=1S/C20H18N4O3/c25-18(11-24-12-21-17-4-2-1-3-16(17)20(24)27)22-14-7-5-13(6-8-14)19(26)23-15-9-10-15/h1-8,12,15H,9-11H2,(H,22,25)(H,23,26). The molecule has 1 aliphatic rings. The van der Waals surface area contributed by atoms with Crippen LogP contribution in [0.2, 0.25) is 0 Å². The van der Waals surface area contributed by atoms with Crippen LogP contribution in [0.3, 0.4) is 0 Å². The molecule has 136 valence electrons. The van der Waals surface area contributed by atoms with Crippen LogP contribution in [0.4, 0.5) is 5.69 Å². The first-order chi connectivity index (χ1) is 13.1. The summed E-state index contributed by atoms with van der Waals surface area (Å²) in [4.78, 5) is 40.9. The third-order valence-corrected chi connectivity index (χ3v) is 4.39. The van der Waals surface area contributed by atoms with E-state index in [-0.39, 0.29) is 23.9 Å². The van der Waals surface area contributed by atoms with Crippen LogP contribution in [0.15, 0.2) is 59.7 Å². The molecule has 0 spiro atoms. The third-order valence-electron chi connectivity index (χ3n) is 4.39. The van der Waals surface area contributed by atoms with Gasteiger partial charge in [-0.05, 0) is 49.2 Å². The molecule has 4 rings (SSSR count). The molecular weight excluding hydrogens is 344 g/mol. The summed E-state index contributed by atoms with van der Waals surface area (Å²) in [5.74, 6) is -0.450. The fourth-order valence-corrected chi connectivity index (χ4v) is 2.78. The highest BCUT2D eigenvalue weighted by Gasteiger charge is 2.23. The number of para-hydroxylation sites is 1. The lowest BCUT2D eigenvalue weighted by atomic mass is 10.2. The summed E-state index contributed by atoms with van der Waals surface area (Å²) in [6, 6.07) is 14.0. The van der Waals surface area contributed by atoms with Gasteiger partial charge in [0.15, 0.2) is 0 Å². The molecule has 2 aromatic carbocycles. The van der Waals surface area contributed by atoms with E-state index in [1.807, 2.05) is 0 Å². The highest BCUT2D eigenvalue weighted by Crippen LogP contribution is 2.19. The number of fused-ring (bicyclic) bond motifs is 1. The Labute approximate surface area is 155 Å². The summed E-state index contributed by atoms with van der Waals surface area (Å²) in [7, 11) is 0. The van der Waals surface area contributed by atoms with Gasteiger partial charge < -0.3 is 10.6 Å². The molecular formula is C20H18N4O3. The van der Waals surface area contributed by atoms with Crippen molar-refractivity contribution >= 4 is 28.4 Å². The Hall–Kier alpha value is -3.48. The molecule has 1 fully saturated rings. The van der Waals surface area contributed by atoms with Crippen molar-refractivity contribution in [3.05, 3.63) is 70.8 Å². The average Bonchev–Trinajstić information content (AvgIpc) is 3.49. The highest BCUT2D eigenvalue weighted by molar-refractivity contribution is 5.96. The van der Waals surface area contributed by atoms with E-state index in [1.165, 1.54) is 10.9 Å². The second kappa shape index (κ2) is 7.03. The molecule has 0 saturated heterocycles.